The van der Waals surface area contributed by atoms with Gasteiger partial charge in [-0.15, -0.1) is 11.3 Å². The molecule has 0 aliphatic heterocycles. The van der Waals surface area contributed by atoms with E-state index in [1.807, 2.05) is 98.9 Å². The van der Waals surface area contributed by atoms with Crippen molar-refractivity contribution in [3.8, 4) is 0 Å². The van der Waals surface area contributed by atoms with Gasteiger partial charge in [-0.2, -0.15) is 0 Å². The number of thiazole rings is 1. The summed E-state index contributed by atoms with van der Waals surface area (Å²) in [6, 6.07) is 18.7. The van der Waals surface area contributed by atoms with Crippen LogP contribution in [0, 0.1) is 5.92 Å². The number of nitrogens with one attached hydrogen (secondary N) is 3. The normalized spacial score (nSPS) is 13.5. The maximum absolute atomic E-state index is 13.7. The number of alkyl carbamates (subject to hydrolysis) is 2. The molecule has 14 heteroatoms. The second-order valence-electron chi connectivity index (χ2n) is 12.2. The highest BCUT2D eigenvalue weighted by Crippen LogP contribution is 2.19. The van der Waals surface area contributed by atoms with Crippen LogP contribution >= 0.6 is 22.9 Å². The molecule has 0 fully saturated rings. The first-order chi connectivity index (χ1) is 23.6. The van der Waals surface area contributed by atoms with Gasteiger partial charge in [-0.25, -0.2) is 18.9 Å². The molecular weight excluding hydrogens is 665 g/mol. The summed E-state index contributed by atoms with van der Waals surface area (Å²) in [7, 11) is 3.76. The monoisotopic (exact) mass is 708 g/mol. The molecule has 0 spiro atoms. The third-order valence-electron chi connectivity index (χ3n) is 7.60. The fourth-order valence-electron chi connectivity index (χ4n) is 5.05. The number of nitrogens with zero attached hydrogens (tertiary/aromatic N) is 3. The number of hydrogen-bond acceptors (Lipinski definition) is 11. The second-order valence-corrected chi connectivity index (χ2v) is 13.9. The van der Waals surface area contributed by atoms with E-state index in [-0.39, 0.29) is 25.6 Å². The average molecular weight is 709 g/mol. The van der Waals surface area contributed by atoms with Crippen LogP contribution in [0.25, 0.3) is 0 Å². The van der Waals surface area contributed by atoms with Crippen LogP contribution in [0.1, 0.15) is 42.0 Å². The molecule has 2 aromatic carbocycles. The highest BCUT2D eigenvalue weighted by molar-refractivity contribution is 7.13. The highest BCUT2D eigenvalue weighted by Gasteiger charge is 2.30. The fraction of sp³-hybridized carbons (Fsp3) is 0.400. The highest BCUT2D eigenvalue weighted by atomic mass is 32.1. The van der Waals surface area contributed by atoms with E-state index in [0.29, 0.717) is 18.5 Å². The first-order valence-corrected chi connectivity index (χ1v) is 17.7. The van der Waals surface area contributed by atoms with Gasteiger partial charge < -0.3 is 35.4 Å². The maximum atomic E-state index is 13.7. The Balaban J connectivity index is 1.44. The molecule has 0 saturated heterocycles. The smallest absolute Gasteiger partial charge is 0.408 e. The summed E-state index contributed by atoms with van der Waals surface area (Å²) in [6.07, 6.45) is 0.0140. The first-order valence-electron chi connectivity index (χ1n) is 16.0. The standard InChI is InChI=1S/C35H44N6O6S2/c1-23(2)31(40-35(45)46-20-27-22-48-33(38-27)41(3)4)32(43)37-26(17-24-11-7-5-8-12-24)19-30(42)29(18-25-13-9-6-10-14-25)39-34(44)47-21-28-15-16-36-49-28/h5-16,22-23,26,29-31,42H,17-21H2,1-4H3,(H,37,43)(H,39,44)(H,40,45)/t26-,29-,30-,31-/m0/s1. The van der Waals surface area contributed by atoms with Gasteiger partial charge in [0, 0.05) is 31.7 Å². The molecular formula is C35H44N6O6S2. The molecule has 0 aliphatic carbocycles. The summed E-state index contributed by atoms with van der Waals surface area (Å²) in [5, 5.41) is 22.8. The lowest BCUT2D eigenvalue weighted by Gasteiger charge is -2.30. The molecule has 4 aromatic rings. The van der Waals surface area contributed by atoms with Crippen molar-refractivity contribution in [2.75, 3.05) is 19.0 Å². The van der Waals surface area contributed by atoms with Crippen molar-refractivity contribution >= 4 is 46.1 Å². The summed E-state index contributed by atoms with van der Waals surface area (Å²) >= 11 is 2.67. The van der Waals surface area contributed by atoms with Crippen molar-refractivity contribution in [3.05, 3.63) is 100 Å². The quantitative estimate of drug-likeness (QED) is 0.120. The zero-order valence-electron chi connectivity index (χ0n) is 28.1. The fourth-order valence-corrected chi connectivity index (χ4v) is 6.28. The van der Waals surface area contributed by atoms with E-state index in [4.69, 9.17) is 9.47 Å². The van der Waals surface area contributed by atoms with E-state index in [2.05, 4.69) is 25.3 Å². The van der Waals surface area contributed by atoms with Crippen molar-refractivity contribution in [1.82, 2.24) is 25.3 Å². The van der Waals surface area contributed by atoms with E-state index in [0.717, 1.165) is 21.1 Å². The Kier molecular flexibility index (Phi) is 14.4. The summed E-state index contributed by atoms with van der Waals surface area (Å²) in [6.45, 7) is 3.68. The van der Waals surface area contributed by atoms with Crippen molar-refractivity contribution in [3.63, 3.8) is 0 Å². The Morgan fingerprint density at radius 2 is 1.49 bits per heavy atom. The van der Waals surface area contributed by atoms with Gasteiger partial charge in [0.25, 0.3) is 0 Å². The number of ether oxygens (including phenoxy) is 2. The minimum Gasteiger partial charge on any atom is -0.444 e. The number of carbonyl (C=O) groups is 3. The Bertz CT molecular complexity index is 1590. The second kappa shape index (κ2) is 18.9. The lowest BCUT2D eigenvalue weighted by molar-refractivity contribution is -0.125. The van der Waals surface area contributed by atoms with Crippen LogP contribution in [0.3, 0.4) is 0 Å². The van der Waals surface area contributed by atoms with Crippen LogP contribution in [0.15, 0.2) is 78.3 Å². The van der Waals surface area contributed by atoms with E-state index >= 15 is 0 Å². The molecule has 12 nitrogen and oxygen atoms in total. The molecule has 2 heterocycles. The zero-order chi connectivity index (χ0) is 35.2. The van der Waals surface area contributed by atoms with Crippen molar-refractivity contribution < 1.29 is 29.0 Å². The van der Waals surface area contributed by atoms with Gasteiger partial charge in [0.1, 0.15) is 19.3 Å². The van der Waals surface area contributed by atoms with E-state index in [9.17, 15) is 19.5 Å². The number of benzene rings is 2. The number of aliphatic hydroxyl groups excluding tert-OH is 1. The largest absolute Gasteiger partial charge is 0.444 e. The van der Waals surface area contributed by atoms with Gasteiger partial charge in [-0.1, -0.05) is 74.5 Å². The number of rotatable bonds is 17. The molecule has 4 atom stereocenters. The van der Waals surface area contributed by atoms with Gasteiger partial charge in [0.15, 0.2) is 5.13 Å². The number of carbonyl (C=O) groups excluding carboxylic acids is 3. The molecule has 3 amide bonds. The molecule has 0 saturated carbocycles. The van der Waals surface area contributed by atoms with Crippen LogP contribution in [0.5, 0.6) is 0 Å². The van der Waals surface area contributed by atoms with Crippen molar-refractivity contribution in [1.29, 1.82) is 0 Å². The summed E-state index contributed by atoms with van der Waals surface area (Å²) in [5.41, 5.74) is 2.47. The van der Waals surface area contributed by atoms with Gasteiger partial charge in [0.2, 0.25) is 5.91 Å². The maximum Gasteiger partial charge on any atom is 0.408 e. The molecule has 262 valence electrons. The molecule has 4 rings (SSSR count). The van der Waals surface area contributed by atoms with Crippen LogP contribution in [0.2, 0.25) is 0 Å². The molecule has 0 bridgehead atoms. The van der Waals surface area contributed by atoms with E-state index in [1.54, 1.807) is 12.3 Å². The predicted molar refractivity (Wildman–Crippen MR) is 190 cm³/mol. The Morgan fingerprint density at radius 3 is 2.08 bits per heavy atom. The van der Waals surface area contributed by atoms with Gasteiger partial charge in [-0.05, 0) is 53.9 Å². The molecule has 0 aliphatic rings. The molecule has 4 N–H and O–H groups in total. The average Bonchev–Trinajstić information content (AvgIpc) is 3.79. The molecule has 0 radical (unpaired) electrons. The zero-order valence-corrected chi connectivity index (χ0v) is 29.7. The van der Waals surface area contributed by atoms with Crippen molar-refractivity contribution in [2.45, 2.75) is 70.6 Å². The van der Waals surface area contributed by atoms with Gasteiger partial charge in [0.05, 0.1) is 22.7 Å². The van der Waals surface area contributed by atoms with Crippen molar-refractivity contribution in [2.24, 2.45) is 5.92 Å². The summed E-state index contributed by atoms with van der Waals surface area (Å²) in [4.78, 5) is 46.4. The Morgan fingerprint density at radius 1 is 0.857 bits per heavy atom. The van der Waals surface area contributed by atoms with Crippen LogP contribution in [-0.4, -0.2) is 70.9 Å². The first kappa shape index (κ1) is 37.3. The van der Waals surface area contributed by atoms with E-state index in [1.165, 1.54) is 22.9 Å². The molecule has 0 unspecified atom stereocenters. The Labute approximate surface area is 295 Å². The summed E-state index contributed by atoms with van der Waals surface area (Å²) < 4.78 is 14.8. The lowest BCUT2D eigenvalue weighted by atomic mass is 9.93. The minimum atomic E-state index is -1.06. The molecule has 2 aromatic heterocycles. The number of aliphatic hydroxyl groups is 1. The Hall–Kier alpha value is -4.53. The van der Waals surface area contributed by atoms with Gasteiger partial charge in [-0.3, -0.25) is 4.79 Å². The third kappa shape index (κ3) is 12.5. The molecule has 49 heavy (non-hydrogen) atoms. The summed E-state index contributed by atoms with van der Waals surface area (Å²) in [5.74, 6) is -0.685. The van der Waals surface area contributed by atoms with Crippen LogP contribution in [0.4, 0.5) is 14.7 Å². The minimum absolute atomic E-state index is 0.0338. The van der Waals surface area contributed by atoms with E-state index < -0.39 is 42.3 Å². The SMILES string of the molecule is CC(C)[C@H](NC(=O)OCc1csc(N(C)C)n1)C(=O)N[C@@H](Cc1ccccc1)C[C@H](O)[C@H](Cc1ccccc1)NC(=O)OCc1ccns1. The number of hydrogen-bond donors (Lipinski definition) is 4. The van der Waals surface area contributed by atoms with Crippen LogP contribution < -0.4 is 20.9 Å². The van der Waals surface area contributed by atoms with Gasteiger partial charge >= 0.3 is 12.2 Å². The predicted octanol–water partition coefficient (Wildman–Crippen LogP) is 4.93. The number of anilines is 1. The third-order valence-corrected chi connectivity index (χ3v) is 9.37. The number of amides is 3. The van der Waals surface area contributed by atoms with Crippen LogP contribution in [-0.2, 0) is 40.3 Å². The number of aromatic nitrogens is 2. The topological polar surface area (TPSA) is 155 Å². The lowest BCUT2D eigenvalue weighted by Crippen LogP contribution is -2.54.